The van der Waals surface area contributed by atoms with E-state index >= 15 is 0 Å². The molecule has 0 radical (unpaired) electrons. The smallest absolute Gasteiger partial charge is 0.252 e. The van der Waals surface area contributed by atoms with Crippen LogP contribution in [0.1, 0.15) is 40.5 Å². The Balaban J connectivity index is 1.24. The molecule has 3 aromatic rings. The molecule has 0 spiro atoms. The number of hydrogen-bond acceptors (Lipinski definition) is 7. The fourth-order valence-electron chi connectivity index (χ4n) is 5.47. The van der Waals surface area contributed by atoms with Gasteiger partial charge in [-0.1, -0.05) is 35.5 Å². The number of hydrogen-bond donors (Lipinski definition) is 1. The van der Waals surface area contributed by atoms with E-state index in [0.29, 0.717) is 24.4 Å². The summed E-state index contributed by atoms with van der Waals surface area (Å²) in [5, 5.41) is 11.8. The highest BCUT2D eigenvalue weighted by Crippen LogP contribution is 2.25. The first-order valence-electron chi connectivity index (χ1n) is 14.1. The summed E-state index contributed by atoms with van der Waals surface area (Å²) >= 11 is 0. The SMILES string of the molecule is COc1ccc(C(=O)NC(C(=O)N2CCC[C@@H]2Cn2cc(CCN3CCN(C)CC3)nn2)c2ccccc2)cc1. The number of likely N-dealkylation sites (N-methyl/N-ethyl adjacent to an activating group) is 1. The lowest BCUT2D eigenvalue weighted by atomic mass is 10.0. The van der Waals surface area contributed by atoms with Gasteiger partial charge in [0.15, 0.2) is 0 Å². The van der Waals surface area contributed by atoms with Gasteiger partial charge in [0.1, 0.15) is 11.8 Å². The van der Waals surface area contributed by atoms with Crippen LogP contribution in [0.3, 0.4) is 0 Å². The number of carbonyl (C=O) groups excluding carboxylic acids is 2. The van der Waals surface area contributed by atoms with Gasteiger partial charge in [-0.05, 0) is 49.7 Å². The number of piperazine rings is 1. The predicted octanol–water partition coefficient (Wildman–Crippen LogP) is 2.24. The minimum Gasteiger partial charge on any atom is -0.497 e. The maximum absolute atomic E-state index is 14.0. The van der Waals surface area contributed by atoms with E-state index in [0.717, 1.165) is 63.2 Å². The maximum atomic E-state index is 14.0. The minimum atomic E-state index is -0.786. The molecule has 2 saturated heterocycles. The summed E-state index contributed by atoms with van der Waals surface area (Å²) in [7, 11) is 3.75. The van der Waals surface area contributed by atoms with Crippen LogP contribution in [0.25, 0.3) is 0 Å². The van der Waals surface area contributed by atoms with Crippen molar-refractivity contribution in [1.82, 2.24) is 35.0 Å². The van der Waals surface area contributed by atoms with Crippen molar-refractivity contribution in [3.8, 4) is 5.75 Å². The number of aromatic nitrogens is 3. The Hall–Kier alpha value is -3.76. The molecule has 2 fully saturated rings. The van der Waals surface area contributed by atoms with Crippen LogP contribution >= 0.6 is 0 Å². The quantitative estimate of drug-likeness (QED) is 0.418. The van der Waals surface area contributed by atoms with Gasteiger partial charge in [0.05, 0.1) is 25.4 Å². The average molecular weight is 546 g/mol. The zero-order chi connectivity index (χ0) is 27.9. The number of nitrogens with one attached hydrogen (secondary N) is 1. The normalized spacial score (nSPS) is 18.9. The van der Waals surface area contributed by atoms with Crippen LogP contribution in [-0.2, 0) is 17.8 Å². The van der Waals surface area contributed by atoms with E-state index in [2.05, 4.69) is 32.5 Å². The summed E-state index contributed by atoms with van der Waals surface area (Å²) in [5.41, 5.74) is 2.20. The molecule has 5 rings (SSSR count). The Morgan fingerprint density at radius 1 is 1.02 bits per heavy atom. The van der Waals surface area contributed by atoms with E-state index < -0.39 is 6.04 Å². The molecular weight excluding hydrogens is 506 g/mol. The van der Waals surface area contributed by atoms with Crippen LogP contribution in [0, 0.1) is 0 Å². The molecule has 2 amide bonds. The third-order valence-corrected chi connectivity index (χ3v) is 7.93. The maximum Gasteiger partial charge on any atom is 0.252 e. The van der Waals surface area contributed by atoms with Gasteiger partial charge in [0, 0.05) is 57.4 Å². The second-order valence-electron chi connectivity index (χ2n) is 10.7. The molecule has 2 aromatic carbocycles. The van der Waals surface area contributed by atoms with E-state index in [1.54, 1.807) is 31.4 Å². The summed E-state index contributed by atoms with van der Waals surface area (Å²) in [6, 6.07) is 15.5. The summed E-state index contributed by atoms with van der Waals surface area (Å²) in [5.74, 6) is 0.260. The van der Waals surface area contributed by atoms with Crippen molar-refractivity contribution < 1.29 is 14.3 Å². The van der Waals surface area contributed by atoms with Gasteiger partial charge in [-0.3, -0.25) is 14.3 Å². The van der Waals surface area contributed by atoms with E-state index in [1.807, 2.05) is 46.1 Å². The topological polar surface area (TPSA) is 95.8 Å². The Bertz CT molecular complexity index is 1260. The van der Waals surface area contributed by atoms with Gasteiger partial charge in [0.2, 0.25) is 5.91 Å². The van der Waals surface area contributed by atoms with Crippen LogP contribution in [0.2, 0.25) is 0 Å². The van der Waals surface area contributed by atoms with E-state index in [4.69, 9.17) is 4.74 Å². The fourth-order valence-corrected chi connectivity index (χ4v) is 5.47. The van der Waals surface area contributed by atoms with Crippen molar-refractivity contribution in [2.45, 2.75) is 37.9 Å². The van der Waals surface area contributed by atoms with Crippen molar-refractivity contribution in [1.29, 1.82) is 0 Å². The van der Waals surface area contributed by atoms with Crippen LogP contribution in [0.4, 0.5) is 0 Å². The van der Waals surface area contributed by atoms with Gasteiger partial charge in [-0.2, -0.15) is 0 Å². The zero-order valence-corrected chi connectivity index (χ0v) is 23.4. The van der Waals surface area contributed by atoms with Gasteiger partial charge in [-0.15, -0.1) is 5.10 Å². The highest BCUT2D eigenvalue weighted by atomic mass is 16.5. The third-order valence-electron chi connectivity index (χ3n) is 7.93. The summed E-state index contributed by atoms with van der Waals surface area (Å²) in [6.07, 6.45) is 4.67. The van der Waals surface area contributed by atoms with Gasteiger partial charge in [-0.25, -0.2) is 0 Å². The first-order chi connectivity index (χ1) is 19.5. The third kappa shape index (κ3) is 6.86. The molecule has 0 aliphatic carbocycles. The van der Waals surface area contributed by atoms with Gasteiger partial charge >= 0.3 is 0 Å². The second kappa shape index (κ2) is 13.1. The van der Waals surface area contributed by atoms with Gasteiger partial charge in [0.25, 0.3) is 5.91 Å². The fraction of sp³-hybridized carbons (Fsp3) is 0.467. The Labute approximate surface area is 235 Å². The number of rotatable bonds is 10. The molecule has 1 N–H and O–H groups in total. The lowest BCUT2D eigenvalue weighted by molar-refractivity contribution is -0.134. The molecule has 2 atom stereocenters. The Morgan fingerprint density at radius 2 is 1.77 bits per heavy atom. The number of amides is 2. The standard InChI is InChI=1S/C30H39N7O3/c1-34-17-19-35(20-18-34)16-14-25-21-36(33-32-25)22-26-9-6-15-37(26)30(39)28(23-7-4-3-5-8-23)31-29(38)24-10-12-27(40-2)13-11-24/h3-5,7-8,10-13,21,26,28H,6,9,14-20,22H2,1-2H3,(H,31,38)/t26-,28?/m1/s1. The molecule has 0 saturated carbocycles. The van der Waals surface area contributed by atoms with Crippen LogP contribution in [-0.4, -0.2) is 101 Å². The van der Waals surface area contributed by atoms with Crippen LogP contribution < -0.4 is 10.1 Å². The summed E-state index contributed by atoms with van der Waals surface area (Å²) < 4.78 is 7.07. The summed E-state index contributed by atoms with van der Waals surface area (Å²) in [6.45, 7) is 6.58. The molecule has 0 bridgehead atoms. The lowest BCUT2D eigenvalue weighted by Crippen LogP contribution is -2.46. The monoisotopic (exact) mass is 545 g/mol. The molecular formula is C30H39N7O3. The Morgan fingerprint density at radius 3 is 2.50 bits per heavy atom. The van der Waals surface area contributed by atoms with Crippen molar-refractivity contribution in [2.75, 3.05) is 53.4 Å². The van der Waals surface area contributed by atoms with Crippen molar-refractivity contribution >= 4 is 11.8 Å². The molecule has 1 aromatic heterocycles. The second-order valence-corrected chi connectivity index (χ2v) is 10.7. The molecule has 10 heteroatoms. The highest BCUT2D eigenvalue weighted by Gasteiger charge is 2.35. The van der Waals surface area contributed by atoms with Crippen molar-refractivity contribution in [2.24, 2.45) is 0 Å². The molecule has 2 aliphatic heterocycles. The molecule has 3 heterocycles. The van der Waals surface area contributed by atoms with Crippen molar-refractivity contribution in [3.63, 3.8) is 0 Å². The zero-order valence-electron chi connectivity index (χ0n) is 23.4. The van der Waals surface area contributed by atoms with E-state index in [9.17, 15) is 9.59 Å². The van der Waals surface area contributed by atoms with Crippen molar-refractivity contribution in [3.05, 3.63) is 77.6 Å². The van der Waals surface area contributed by atoms with Gasteiger partial charge < -0.3 is 24.8 Å². The molecule has 10 nitrogen and oxygen atoms in total. The van der Waals surface area contributed by atoms with Crippen LogP contribution in [0.15, 0.2) is 60.8 Å². The average Bonchev–Trinajstić information content (AvgIpc) is 3.65. The van der Waals surface area contributed by atoms with E-state index in [-0.39, 0.29) is 17.9 Å². The number of carbonyl (C=O) groups is 2. The number of methoxy groups -OCH3 is 1. The first-order valence-corrected chi connectivity index (χ1v) is 14.1. The van der Waals surface area contributed by atoms with Crippen LogP contribution in [0.5, 0.6) is 5.75 Å². The van der Waals surface area contributed by atoms with E-state index in [1.165, 1.54) is 0 Å². The minimum absolute atomic E-state index is 0.0104. The molecule has 40 heavy (non-hydrogen) atoms. The summed E-state index contributed by atoms with van der Waals surface area (Å²) in [4.78, 5) is 33.8. The molecule has 2 aliphatic rings. The predicted molar refractivity (Wildman–Crippen MR) is 152 cm³/mol. The first kappa shape index (κ1) is 27.8. The Kier molecular flexibility index (Phi) is 9.08. The highest BCUT2D eigenvalue weighted by molar-refractivity contribution is 5.98. The lowest BCUT2D eigenvalue weighted by Gasteiger charge is -2.32. The number of likely N-dealkylation sites (tertiary alicyclic amines) is 1. The number of nitrogens with zero attached hydrogens (tertiary/aromatic N) is 6. The molecule has 212 valence electrons. The number of ether oxygens (including phenoxy) is 1. The largest absolute Gasteiger partial charge is 0.497 e. The molecule has 1 unspecified atom stereocenters. The number of benzene rings is 2.